The lowest BCUT2D eigenvalue weighted by atomic mass is 9.96. The van der Waals surface area contributed by atoms with E-state index in [1.807, 2.05) is 44.2 Å². The first-order chi connectivity index (χ1) is 9.49. The van der Waals surface area contributed by atoms with Crippen LogP contribution in [0.2, 0.25) is 5.02 Å². The van der Waals surface area contributed by atoms with Crippen LogP contribution in [0.15, 0.2) is 42.5 Å². The highest BCUT2D eigenvalue weighted by molar-refractivity contribution is 6.33. The second-order valence-electron chi connectivity index (χ2n) is 4.70. The fraction of sp³-hybridized carbons (Fsp3) is 0.118. The summed E-state index contributed by atoms with van der Waals surface area (Å²) >= 11 is 6.09. The Labute approximate surface area is 123 Å². The summed E-state index contributed by atoms with van der Waals surface area (Å²) in [4.78, 5) is 11.6. The number of halogens is 1. The molecule has 2 aromatic carbocycles. The lowest BCUT2D eigenvalue weighted by Gasteiger charge is -2.09. The standard InChI is InChI=1S/C17H15ClO2/c1-11-7-8-12(2)14(9-11)15(17(19)20)10-13-5-3-4-6-16(13)18/h3-10H,1-2H3,(H,19,20)/b15-10-. The molecule has 0 saturated heterocycles. The molecule has 0 aromatic heterocycles. The zero-order chi connectivity index (χ0) is 14.7. The molecular weight excluding hydrogens is 272 g/mol. The molecule has 0 saturated carbocycles. The largest absolute Gasteiger partial charge is 0.478 e. The molecule has 0 atom stereocenters. The zero-order valence-corrected chi connectivity index (χ0v) is 12.1. The summed E-state index contributed by atoms with van der Waals surface area (Å²) in [5.74, 6) is -0.960. The SMILES string of the molecule is Cc1ccc(C)c(/C(=C/c2ccccc2Cl)C(=O)O)c1. The van der Waals surface area contributed by atoms with E-state index in [9.17, 15) is 9.90 Å². The van der Waals surface area contributed by atoms with E-state index in [2.05, 4.69) is 0 Å². The molecule has 0 amide bonds. The molecule has 2 rings (SSSR count). The van der Waals surface area contributed by atoms with Gasteiger partial charge in [0.2, 0.25) is 0 Å². The van der Waals surface area contributed by atoms with E-state index < -0.39 is 5.97 Å². The Bertz CT molecular complexity index is 687. The van der Waals surface area contributed by atoms with Crippen LogP contribution >= 0.6 is 11.6 Å². The van der Waals surface area contributed by atoms with Gasteiger partial charge in [0.05, 0.1) is 5.57 Å². The van der Waals surface area contributed by atoms with Crippen LogP contribution in [0.4, 0.5) is 0 Å². The molecular formula is C17H15ClO2. The van der Waals surface area contributed by atoms with Crippen LogP contribution < -0.4 is 0 Å². The van der Waals surface area contributed by atoms with E-state index >= 15 is 0 Å². The summed E-state index contributed by atoms with van der Waals surface area (Å²) in [7, 11) is 0. The molecule has 0 heterocycles. The molecule has 3 heteroatoms. The first kappa shape index (κ1) is 14.4. The van der Waals surface area contributed by atoms with Gasteiger partial charge in [0.25, 0.3) is 0 Å². The summed E-state index contributed by atoms with van der Waals surface area (Å²) in [5, 5.41) is 10.0. The van der Waals surface area contributed by atoms with Gasteiger partial charge in [-0.1, -0.05) is 53.6 Å². The van der Waals surface area contributed by atoms with Gasteiger partial charge in [-0.2, -0.15) is 0 Å². The number of carbonyl (C=O) groups is 1. The minimum absolute atomic E-state index is 0.249. The van der Waals surface area contributed by atoms with Crippen molar-refractivity contribution in [3.63, 3.8) is 0 Å². The smallest absolute Gasteiger partial charge is 0.336 e. The van der Waals surface area contributed by atoms with Gasteiger partial charge < -0.3 is 5.11 Å². The minimum atomic E-state index is -0.960. The molecule has 0 aliphatic carbocycles. The van der Waals surface area contributed by atoms with Crippen LogP contribution in [0.3, 0.4) is 0 Å². The highest BCUT2D eigenvalue weighted by Gasteiger charge is 2.13. The quantitative estimate of drug-likeness (QED) is 0.662. The van der Waals surface area contributed by atoms with Crippen LogP contribution in [-0.4, -0.2) is 11.1 Å². The van der Waals surface area contributed by atoms with Crippen molar-refractivity contribution >= 4 is 29.2 Å². The Morgan fingerprint density at radius 2 is 1.85 bits per heavy atom. The van der Waals surface area contributed by atoms with Gasteiger partial charge >= 0.3 is 5.97 Å². The third kappa shape index (κ3) is 3.09. The molecule has 2 aromatic rings. The fourth-order valence-electron chi connectivity index (χ4n) is 2.03. The average Bonchev–Trinajstić information content (AvgIpc) is 2.40. The number of rotatable bonds is 3. The second kappa shape index (κ2) is 5.93. The molecule has 20 heavy (non-hydrogen) atoms. The van der Waals surface area contributed by atoms with Gasteiger partial charge in [-0.15, -0.1) is 0 Å². The van der Waals surface area contributed by atoms with Crippen LogP contribution in [0.25, 0.3) is 11.6 Å². The van der Waals surface area contributed by atoms with Gasteiger partial charge in [0, 0.05) is 5.02 Å². The van der Waals surface area contributed by atoms with E-state index in [0.29, 0.717) is 10.6 Å². The maximum atomic E-state index is 11.6. The Morgan fingerprint density at radius 3 is 2.50 bits per heavy atom. The van der Waals surface area contributed by atoms with E-state index in [4.69, 9.17) is 11.6 Å². The summed E-state index contributed by atoms with van der Waals surface area (Å²) in [6, 6.07) is 13.0. The topological polar surface area (TPSA) is 37.3 Å². The molecule has 0 bridgehead atoms. The van der Waals surface area contributed by atoms with Crippen molar-refractivity contribution in [1.29, 1.82) is 0 Å². The molecule has 2 nitrogen and oxygen atoms in total. The molecule has 0 aliphatic rings. The van der Waals surface area contributed by atoms with Crippen LogP contribution in [0.5, 0.6) is 0 Å². The minimum Gasteiger partial charge on any atom is -0.478 e. The molecule has 1 N–H and O–H groups in total. The number of carboxylic acid groups (broad SMARTS) is 1. The zero-order valence-electron chi connectivity index (χ0n) is 11.4. The highest BCUT2D eigenvalue weighted by Crippen LogP contribution is 2.26. The van der Waals surface area contributed by atoms with Crippen LogP contribution in [-0.2, 0) is 4.79 Å². The lowest BCUT2D eigenvalue weighted by Crippen LogP contribution is -2.02. The number of aryl methyl sites for hydroxylation is 2. The Kier molecular flexibility index (Phi) is 4.26. The molecule has 0 spiro atoms. The molecule has 0 aliphatic heterocycles. The van der Waals surface area contributed by atoms with Crippen molar-refractivity contribution in [2.75, 3.05) is 0 Å². The number of hydrogen-bond acceptors (Lipinski definition) is 1. The normalized spacial score (nSPS) is 11.4. The third-order valence-electron chi connectivity index (χ3n) is 3.12. The molecule has 0 unspecified atom stereocenters. The van der Waals surface area contributed by atoms with Crippen molar-refractivity contribution in [3.8, 4) is 0 Å². The Balaban J connectivity index is 2.61. The van der Waals surface area contributed by atoms with Gasteiger partial charge in [0.15, 0.2) is 0 Å². The van der Waals surface area contributed by atoms with E-state index in [-0.39, 0.29) is 5.57 Å². The third-order valence-corrected chi connectivity index (χ3v) is 3.46. The average molecular weight is 287 g/mol. The number of aliphatic carboxylic acids is 1. The summed E-state index contributed by atoms with van der Waals surface area (Å²) in [6.45, 7) is 3.84. The van der Waals surface area contributed by atoms with Crippen LogP contribution in [0.1, 0.15) is 22.3 Å². The summed E-state index contributed by atoms with van der Waals surface area (Å²) in [5.41, 5.74) is 3.62. The van der Waals surface area contributed by atoms with E-state index in [1.54, 1.807) is 18.2 Å². The number of hydrogen-bond donors (Lipinski definition) is 1. The van der Waals surface area contributed by atoms with Crippen molar-refractivity contribution in [3.05, 3.63) is 69.7 Å². The maximum Gasteiger partial charge on any atom is 0.336 e. The second-order valence-corrected chi connectivity index (χ2v) is 5.11. The Hall–Kier alpha value is -2.06. The highest BCUT2D eigenvalue weighted by atomic mass is 35.5. The predicted octanol–water partition coefficient (Wildman–Crippen LogP) is 4.58. The van der Waals surface area contributed by atoms with E-state index in [1.165, 1.54) is 0 Å². The van der Waals surface area contributed by atoms with Gasteiger partial charge in [-0.3, -0.25) is 0 Å². The van der Waals surface area contributed by atoms with Gasteiger partial charge in [-0.25, -0.2) is 4.79 Å². The molecule has 102 valence electrons. The molecule has 0 fully saturated rings. The summed E-state index contributed by atoms with van der Waals surface area (Å²) < 4.78 is 0. The van der Waals surface area contributed by atoms with Gasteiger partial charge in [-0.05, 0) is 42.7 Å². The fourth-order valence-corrected chi connectivity index (χ4v) is 2.22. The van der Waals surface area contributed by atoms with Crippen molar-refractivity contribution in [1.82, 2.24) is 0 Å². The maximum absolute atomic E-state index is 11.6. The van der Waals surface area contributed by atoms with Crippen molar-refractivity contribution in [2.24, 2.45) is 0 Å². The van der Waals surface area contributed by atoms with Crippen LogP contribution in [0, 0.1) is 13.8 Å². The van der Waals surface area contributed by atoms with Crippen molar-refractivity contribution in [2.45, 2.75) is 13.8 Å². The Morgan fingerprint density at radius 1 is 1.15 bits per heavy atom. The predicted molar refractivity (Wildman–Crippen MR) is 82.9 cm³/mol. The summed E-state index contributed by atoms with van der Waals surface area (Å²) in [6.07, 6.45) is 1.62. The van der Waals surface area contributed by atoms with E-state index in [0.717, 1.165) is 16.7 Å². The van der Waals surface area contributed by atoms with Crippen molar-refractivity contribution < 1.29 is 9.90 Å². The lowest BCUT2D eigenvalue weighted by molar-refractivity contribution is -0.130. The van der Waals surface area contributed by atoms with Gasteiger partial charge in [0.1, 0.15) is 0 Å². The first-order valence-corrected chi connectivity index (χ1v) is 6.64. The number of benzene rings is 2. The molecule has 0 radical (unpaired) electrons. The number of carboxylic acids is 1. The monoisotopic (exact) mass is 286 g/mol. The first-order valence-electron chi connectivity index (χ1n) is 6.26.